The number of amides is 2. The van der Waals surface area contributed by atoms with Gasteiger partial charge in [0, 0.05) is 44.7 Å². The molecular weight excluding hydrogens is 433 g/mol. The molecule has 7 nitrogen and oxygen atoms in total. The monoisotopic (exact) mass is 461 g/mol. The van der Waals surface area contributed by atoms with Gasteiger partial charge < -0.3 is 15.5 Å². The molecule has 8 heteroatoms. The number of carbonyl (C=O) groups is 2. The van der Waals surface area contributed by atoms with Gasteiger partial charge in [0.15, 0.2) is 0 Å². The van der Waals surface area contributed by atoms with Gasteiger partial charge in [-0.25, -0.2) is 9.37 Å². The quantitative estimate of drug-likeness (QED) is 0.377. The van der Waals surface area contributed by atoms with E-state index in [9.17, 15) is 14.0 Å². The number of nitrogens with zero attached hydrogens (tertiary/aromatic N) is 3. The fourth-order valence-corrected chi connectivity index (χ4v) is 3.46. The van der Waals surface area contributed by atoms with Crippen molar-refractivity contribution in [2.24, 2.45) is 4.99 Å². The van der Waals surface area contributed by atoms with Gasteiger partial charge in [-0.05, 0) is 55.7 Å². The zero-order valence-electron chi connectivity index (χ0n) is 19.4. The standard InChI is InChI=1S/C26H28FN5O2/c1-3-19(16-28-2)5-4-12-30-26(34)22-15-21(9-6-20-7-10-23(27)11-8-20)25(31-17-22)32-14-13-29-24(33)18-32/h3,7-8,10-11,15-17H,4-5,12-14,18H2,1-2H3,(H,29,33)(H,30,34)/b19-3-,28-16?. The normalized spacial score (nSPS) is 13.9. The molecule has 0 bridgehead atoms. The largest absolute Gasteiger partial charge is 0.353 e. The smallest absolute Gasteiger partial charge is 0.252 e. The van der Waals surface area contributed by atoms with Crippen molar-refractivity contribution in [2.75, 3.05) is 38.1 Å². The maximum absolute atomic E-state index is 13.2. The number of anilines is 1. The van der Waals surface area contributed by atoms with Crippen LogP contribution in [0.25, 0.3) is 0 Å². The van der Waals surface area contributed by atoms with Crippen molar-refractivity contribution in [1.29, 1.82) is 0 Å². The molecule has 2 amide bonds. The number of aromatic nitrogens is 1. The molecular formula is C26H28FN5O2. The Morgan fingerprint density at radius 2 is 2.12 bits per heavy atom. The summed E-state index contributed by atoms with van der Waals surface area (Å²) in [6.07, 6.45) is 6.92. The van der Waals surface area contributed by atoms with Gasteiger partial charge in [-0.3, -0.25) is 14.6 Å². The van der Waals surface area contributed by atoms with Gasteiger partial charge in [-0.2, -0.15) is 0 Å². The van der Waals surface area contributed by atoms with Crippen LogP contribution in [0.15, 0.2) is 53.2 Å². The second kappa shape index (κ2) is 12.3. The Kier molecular flexibility index (Phi) is 8.92. The third-order valence-electron chi connectivity index (χ3n) is 5.25. The van der Waals surface area contributed by atoms with Crippen LogP contribution in [0.4, 0.5) is 10.2 Å². The Balaban J connectivity index is 1.78. The van der Waals surface area contributed by atoms with Crippen LogP contribution in [-0.2, 0) is 4.79 Å². The van der Waals surface area contributed by atoms with E-state index < -0.39 is 0 Å². The first kappa shape index (κ1) is 24.6. The molecule has 176 valence electrons. The number of halogens is 1. The van der Waals surface area contributed by atoms with Crippen molar-refractivity contribution in [3.05, 3.63) is 70.7 Å². The highest BCUT2D eigenvalue weighted by atomic mass is 19.1. The molecule has 0 radical (unpaired) electrons. The fraction of sp³-hybridized carbons (Fsp3) is 0.308. The molecule has 0 spiro atoms. The summed E-state index contributed by atoms with van der Waals surface area (Å²) in [5.74, 6) is 5.90. The first-order valence-corrected chi connectivity index (χ1v) is 11.1. The Bertz CT molecular complexity index is 1150. The lowest BCUT2D eigenvalue weighted by Gasteiger charge is -2.28. The molecule has 0 saturated carbocycles. The molecule has 2 heterocycles. The third kappa shape index (κ3) is 7.01. The van der Waals surface area contributed by atoms with Gasteiger partial charge in [-0.15, -0.1) is 0 Å². The van der Waals surface area contributed by atoms with E-state index in [4.69, 9.17) is 0 Å². The van der Waals surface area contributed by atoms with E-state index in [0.717, 1.165) is 18.4 Å². The van der Waals surface area contributed by atoms with Crippen LogP contribution in [0.5, 0.6) is 0 Å². The fourth-order valence-electron chi connectivity index (χ4n) is 3.46. The number of nitrogens with one attached hydrogen (secondary N) is 2. The highest BCUT2D eigenvalue weighted by molar-refractivity contribution is 5.95. The lowest BCUT2D eigenvalue weighted by Crippen LogP contribution is -2.48. The van der Waals surface area contributed by atoms with Gasteiger partial charge in [0.1, 0.15) is 11.6 Å². The topological polar surface area (TPSA) is 86.7 Å². The van der Waals surface area contributed by atoms with Gasteiger partial charge in [0.2, 0.25) is 5.91 Å². The molecule has 1 fully saturated rings. The second-order valence-electron chi connectivity index (χ2n) is 7.73. The number of piperazine rings is 1. The number of pyridine rings is 1. The van der Waals surface area contributed by atoms with E-state index >= 15 is 0 Å². The minimum atomic E-state index is -0.338. The summed E-state index contributed by atoms with van der Waals surface area (Å²) in [4.78, 5) is 34.9. The maximum Gasteiger partial charge on any atom is 0.252 e. The lowest BCUT2D eigenvalue weighted by atomic mass is 10.1. The second-order valence-corrected chi connectivity index (χ2v) is 7.73. The van der Waals surface area contributed by atoms with Crippen LogP contribution < -0.4 is 15.5 Å². The first-order chi connectivity index (χ1) is 16.5. The average molecular weight is 462 g/mol. The summed E-state index contributed by atoms with van der Waals surface area (Å²) in [5, 5.41) is 5.70. The van der Waals surface area contributed by atoms with Crippen LogP contribution in [0.2, 0.25) is 0 Å². The number of carbonyl (C=O) groups excluding carboxylic acids is 2. The number of hydrogen-bond acceptors (Lipinski definition) is 5. The Hall–Kier alpha value is -3.99. The number of rotatable bonds is 7. The number of benzene rings is 1. The number of hydrogen-bond donors (Lipinski definition) is 2. The minimum absolute atomic E-state index is 0.0964. The summed E-state index contributed by atoms with van der Waals surface area (Å²) >= 11 is 0. The van der Waals surface area contributed by atoms with Crippen molar-refractivity contribution in [3.63, 3.8) is 0 Å². The highest BCUT2D eigenvalue weighted by Crippen LogP contribution is 2.19. The van der Waals surface area contributed by atoms with Gasteiger partial charge in [0.25, 0.3) is 5.91 Å². The predicted octanol–water partition coefficient (Wildman–Crippen LogP) is 2.71. The van der Waals surface area contributed by atoms with E-state index in [1.807, 2.05) is 24.1 Å². The van der Waals surface area contributed by atoms with E-state index in [1.165, 1.54) is 18.3 Å². The van der Waals surface area contributed by atoms with Gasteiger partial charge in [0.05, 0.1) is 17.7 Å². The molecule has 0 unspecified atom stereocenters. The predicted molar refractivity (Wildman–Crippen MR) is 132 cm³/mol. The van der Waals surface area contributed by atoms with Crippen LogP contribution in [0, 0.1) is 17.7 Å². The molecule has 3 rings (SSSR count). The van der Waals surface area contributed by atoms with E-state index in [2.05, 4.69) is 32.5 Å². The van der Waals surface area contributed by atoms with Crippen LogP contribution in [0.3, 0.4) is 0 Å². The SMILES string of the molecule is C/C=C(\C=NC)CCCNC(=O)c1cnc(N2CCNC(=O)C2)c(C#Cc2ccc(F)cc2)c1. The summed E-state index contributed by atoms with van der Waals surface area (Å²) in [5.41, 5.74) is 2.66. The first-order valence-electron chi connectivity index (χ1n) is 11.1. The molecule has 0 aliphatic carbocycles. The third-order valence-corrected chi connectivity index (χ3v) is 5.25. The molecule has 2 N–H and O–H groups in total. The minimum Gasteiger partial charge on any atom is -0.353 e. The number of aliphatic imine (C=N–C) groups is 1. The van der Waals surface area contributed by atoms with E-state index in [1.54, 1.807) is 25.2 Å². The molecule has 34 heavy (non-hydrogen) atoms. The molecule has 0 atom stereocenters. The summed E-state index contributed by atoms with van der Waals surface area (Å²) in [6, 6.07) is 7.54. The summed E-state index contributed by atoms with van der Waals surface area (Å²) in [7, 11) is 1.73. The van der Waals surface area contributed by atoms with Crippen molar-refractivity contribution in [1.82, 2.24) is 15.6 Å². The summed E-state index contributed by atoms with van der Waals surface area (Å²) < 4.78 is 13.2. The zero-order chi connectivity index (χ0) is 24.3. The van der Waals surface area contributed by atoms with E-state index in [0.29, 0.717) is 42.1 Å². The van der Waals surface area contributed by atoms with Gasteiger partial charge >= 0.3 is 0 Å². The van der Waals surface area contributed by atoms with Crippen LogP contribution >= 0.6 is 0 Å². The average Bonchev–Trinajstić information content (AvgIpc) is 2.85. The molecule has 2 aromatic rings. The van der Waals surface area contributed by atoms with Crippen molar-refractivity contribution >= 4 is 23.8 Å². The van der Waals surface area contributed by atoms with Crippen molar-refractivity contribution in [3.8, 4) is 11.8 Å². The molecule has 1 aromatic heterocycles. The highest BCUT2D eigenvalue weighted by Gasteiger charge is 2.21. The van der Waals surface area contributed by atoms with Crippen molar-refractivity contribution in [2.45, 2.75) is 19.8 Å². The van der Waals surface area contributed by atoms with Gasteiger partial charge in [-0.1, -0.05) is 17.9 Å². The number of allylic oxidation sites excluding steroid dienone is 2. The van der Waals surface area contributed by atoms with Crippen molar-refractivity contribution < 1.29 is 14.0 Å². The molecule has 1 saturated heterocycles. The Morgan fingerprint density at radius 1 is 1.32 bits per heavy atom. The van der Waals surface area contributed by atoms with E-state index in [-0.39, 0.29) is 24.2 Å². The molecule has 1 aromatic carbocycles. The Morgan fingerprint density at radius 3 is 2.82 bits per heavy atom. The Labute approximate surface area is 199 Å². The zero-order valence-corrected chi connectivity index (χ0v) is 19.4. The maximum atomic E-state index is 13.2. The lowest BCUT2D eigenvalue weighted by molar-refractivity contribution is -0.120. The molecule has 1 aliphatic rings. The summed E-state index contributed by atoms with van der Waals surface area (Å²) in [6.45, 7) is 3.73. The molecule has 1 aliphatic heterocycles. The van der Waals surface area contributed by atoms with Crippen LogP contribution in [0.1, 0.15) is 41.3 Å². The van der Waals surface area contributed by atoms with Crippen LogP contribution in [-0.4, -0.2) is 56.2 Å².